The summed E-state index contributed by atoms with van der Waals surface area (Å²) in [6, 6.07) is 0.660. The van der Waals surface area contributed by atoms with Gasteiger partial charge in [0.25, 0.3) is 0 Å². The molecule has 5 heteroatoms. The molecule has 0 aromatic carbocycles. The molecule has 1 aromatic heterocycles. The van der Waals surface area contributed by atoms with Gasteiger partial charge in [0.1, 0.15) is 5.82 Å². The Morgan fingerprint density at radius 3 is 2.94 bits per heavy atom. The van der Waals surface area contributed by atoms with E-state index in [9.17, 15) is 0 Å². The quantitative estimate of drug-likeness (QED) is 0.900. The maximum atomic E-state index is 4.44. The molecule has 1 aliphatic carbocycles. The number of aryl methyl sites for hydroxylation is 1. The van der Waals surface area contributed by atoms with Crippen LogP contribution in [0, 0.1) is 6.92 Å². The van der Waals surface area contributed by atoms with Crippen LogP contribution in [0.1, 0.15) is 38.4 Å². The van der Waals surface area contributed by atoms with Crippen molar-refractivity contribution < 1.29 is 0 Å². The van der Waals surface area contributed by atoms with Crippen LogP contribution < -0.4 is 5.32 Å². The standard InChI is InChI=1S/C11H19N3S2/c1-3-12-9-6-4-5-7-10(9)15-11-13-8(2)14-16-11/h9-10,12H,3-7H2,1-2H3. The molecule has 2 atom stereocenters. The van der Waals surface area contributed by atoms with E-state index in [1.54, 1.807) is 0 Å². The van der Waals surface area contributed by atoms with Crippen molar-refractivity contribution in [2.75, 3.05) is 6.54 Å². The van der Waals surface area contributed by atoms with Crippen LogP contribution in [-0.2, 0) is 0 Å². The fraction of sp³-hybridized carbons (Fsp3) is 0.818. The van der Waals surface area contributed by atoms with Gasteiger partial charge < -0.3 is 5.32 Å². The van der Waals surface area contributed by atoms with Gasteiger partial charge in [-0.15, -0.1) is 0 Å². The number of thioether (sulfide) groups is 1. The summed E-state index contributed by atoms with van der Waals surface area (Å²) in [5.41, 5.74) is 0. The lowest BCUT2D eigenvalue weighted by Crippen LogP contribution is -2.40. The van der Waals surface area contributed by atoms with Crippen LogP contribution in [0.25, 0.3) is 0 Å². The molecular formula is C11H19N3S2. The molecule has 3 nitrogen and oxygen atoms in total. The molecule has 0 amide bonds. The lowest BCUT2D eigenvalue weighted by atomic mass is 9.95. The topological polar surface area (TPSA) is 37.8 Å². The van der Waals surface area contributed by atoms with Crippen LogP contribution in [-0.4, -0.2) is 27.2 Å². The normalized spacial score (nSPS) is 25.9. The molecule has 1 heterocycles. The van der Waals surface area contributed by atoms with Crippen LogP contribution in [0.15, 0.2) is 4.34 Å². The smallest absolute Gasteiger partial charge is 0.170 e. The Kier molecular flexibility index (Phi) is 4.61. The van der Waals surface area contributed by atoms with Gasteiger partial charge in [0.15, 0.2) is 4.34 Å². The Morgan fingerprint density at radius 2 is 2.25 bits per heavy atom. The summed E-state index contributed by atoms with van der Waals surface area (Å²) in [6.45, 7) is 5.21. The highest BCUT2D eigenvalue weighted by molar-refractivity contribution is 8.01. The van der Waals surface area contributed by atoms with Gasteiger partial charge in [-0.1, -0.05) is 31.5 Å². The zero-order chi connectivity index (χ0) is 11.4. The van der Waals surface area contributed by atoms with Crippen molar-refractivity contribution in [2.24, 2.45) is 0 Å². The molecule has 1 fully saturated rings. The van der Waals surface area contributed by atoms with Crippen LogP contribution >= 0.6 is 23.3 Å². The fourth-order valence-corrected chi connectivity index (χ4v) is 4.39. The highest BCUT2D eigenvalue weighted by atomic mass is 32.2. The van der Waals surface area contributed by atoms with E-state index >= 15 is 0 Å². The second-order valence-electron chi connectivity index (χ2n) is 4.21. The van der Waals surface area contributed by atoms with Crippen molar-refractivity contribution in [2.45, 2.75) is 55.2 Å². The third kappa shape index (κ3) is 3.18. The summed E-state index contributed by atoms with van der Waals surface area (Å²) in [4.78, 5) is 4.44. The fourth-order valence-electron chi connectivity index (χ4n) is 2.19. The van der Waals surface area contributed by atoms with E-state index in [2.05, 4.69) is 21.6 Å². The van der Waals surface area contributed by atoms with E-state index in [4.69, 9.17) is 0 Å². The summed E-state index contributed by atoms with van der Waals surface area (Å²) < 4.78 is 5.37. The van der Waals surface area contributed by atoms with Gasteiger partial charge in [-0.25, -0.2) is 4.98 Å². The van der Waals surface area contributed by atoms with Crippen molar-refractivity contribution in [3.8, 4) is 0 Å². The second-order valence-corrected chi connectivity index (χ2v) is 6.45. The van der Waals surface area contributed by atoms with E-state index in [-0.39, 0.29) is 0 Å². The van der Waals surface area contributed by atoms with Gasteiger partial charge in [-0.05, 0) is 37.8 Å². The molecule has 1 aliphatic rings. The first-order chi connectivity index (χ1) is 7.79. The highest BCUT2D eigenvalue weighted by Gasteiger charge is 2.26. The molecule has 1 N–H and O–H groups in total. The van der Waals surface area contributed by atoms with Gasteiger partial charge in [0, 0.05) is 11.3 Å². The first kappa shape index (κ1) is 12.3. The molecule has 16 heavy (non-hydrogen) atoms. The van der Waals surface area contributed by atoms with E-state index in [1.807, 2.05) is 18.7 Å². The predicted molar refractivity (Wildman–Crippen MR) is 70.2 cm³/mol. The van der Waals surface area contributed by atoms with Crippen LogP contribution in [0.4, 0.5) is 0 Å². The van der Waals surface area contributed by atoms with E-state index in [0.717, 1.165) is 16.7 Å². The van der Waals surface area contributed by atoms with Crippen molar-refractivity contribution in [3.63, 3.8) is 0 Å². The largest absolute Gasteiger partial charge is 0.313 e. The average Bonchev–Trinajstić information content (AvgIpc) is 2.67. The Balaban J connectivity index is 1.95. The van der Waals surface area contributed by atoms with Crippen molar-refractivity contribution in [1.82, 2.24) is 14.7 Å². The molecule has 1 saturated carbocycles. The lowest BCUT2D eigenvalue weighted by molar-refractivity contribution is 0.391. The third-order valence-corrected chi connectivity index (χ3v) is 5.21. The molecule has 0 radical (unpaired) electrons. The molecule has 0 bridgehead atoms. The number of rotatable bonds is 4. The van der Waals surface area contributed by atoms with E-state index < -0.39 is 0 Å². The number of hydrogen-bond donors (Lipinski definition) is 1. The van der Waals surface area contributed by atoms with Crippen molar-refractivity contribution >= 4 is 23.3 Å². The van der Waals surface area contributed by atoms with Gasteiger partial charge in [0.05, 0.1) is 0 Å². The Morgan fingerprint density at radius 1 is 1.44 bits per heavy atom. The third-order valence-electron chi connectivity index (χ3n) is 2.93. The Bertz CT molecular complexity index is 325. The molecular weight excluding hydrogens is 238 g/mol. The Labute approximate surface area is 106 Å². The maximum absolute atomic E-state index is 4.44. The Hall–Kier alpha value is -0.130. The molecule has 0 saturated heterocycles. The average molecular weight is 257 g/mol. The lowest BCUT2D eigenvalue weighted by Gasteiger charge is -2.30. The van der Waals surface area contributed by atoms with Gasteiger partial charge in [-0.3, -0.25) is 0 Å². The minimum Gasteiger partial charge on any atom is -0.313 e. The zero-order valence-electron chi connectivity index (χ0n) is 9.90. The van der Waals surface area contributed by atoms with E-state index in [0.29, 0.717) is 11.3 Å². The van der Waals surface area contributed by atoms with E-state index in [1.165, 1.54) is 37.2 Å². The zero-order valence-corrected chi connectivity index (χ0v) is 11.5. The highest BCUT2D eigenvalue weighted by Crippen LogP contribution is 2.34. The molecule has 0 spiro atoms. The minimum atomic E-state index is 0.660. The van der Waals surface area contributed by atoms with Crippen LogP contribution in [0.3, 0.4) is 0 Å². The van der Waals surface area contributed by atoms with Gasteiger partial charge in [0.2, 0.25) is 0 Å². The van der Waals surface area contributed by atoms with Crippen LogP contribution in [0.2, 0.25) is 0 Å². The number of nitrogens with one attached hydrogen (secondary N) is 1. The summed E-state index contributed by atoms with van der Waals surface area (Å²) in [5.74, 6) is 0.906. The monoisotopic (exact) mass is 257 g/mol. The summed E-state index contributed by atoms with van der Waals surface area (Å²) in [5, 5.41) is 4.28. The number of aromatic nitrogens is 2. The summed E-state index contributed by atoms with van der Waals surface area (Å²) in [7, 11) is 0. The molecule has 1 aromatic rings. The predicted octanol–water partition coefficient (Wildman–Crippen LogP) is 2.86. The molecule has 90 valence electrons. The first-order valence-corrected chi connectivity index (χ1v) is 7.65. The SMILES string of the molecule is CCNC1CCCCC1Sc1nc(C)ns1. The summed E-state index contributed by atoms with van der Waals surface area (Å²) >= 11 is 3.45. The van der Waals surface area contributed by atoms with Crippen molar-refractivity contribution in [1.29, 1.82) is 0 Å². The van der Waals surface area contributed by atoms with Gasteiger partial charge in [-0.2, -0.15) is 4.37 Å². The van der Waals surface area contributed by atoms with Gasteiger partial charge >= 0.3 is 0 Å². The number of hydrogen-bond acceptors (Lipinski definition) is 5. The first-order valence-electron chi connectivity index (χ1n) is 6.00. The molecule has 2 rings (SSSR count). The van der Waals surface area contributed by atoms with Crippen LogP contribution in [0.5, 0.6) is 0 Å². The maximum Gasteiger partial charge on any atom is 0.170 e. The second kappa shape index (κ2) is 5.98. The molecule has 2 unspecified atom stereocenters. The minimum absolute atomic E-state index is 0.660. The molecule has 0 aliphatic heterocycles. The summed E-state index contributed by atoms with van der Waals surface area (Å²) in [6.07, 6.45) is 5.34. The van der Waals surface area contributed by atoms with Crippen molar-refractivity contribution in [3.05, 3.63) is 5.82 Å². The number of nitrogens with zero attached hydrogens (tertiary/aromatic N) is 2.